The molecule has 1 unspecified atom stereocenters. The van der Waals surface area contributed by atoms with Gasteiger partial charge in [-0.2, -0.15) is 0 Å². The SMILES string of the molecule is CC(O)CN(C(=O)c1ccc(F)c2cccnc12)C1CC1. The Balaban J connectivity index is 2.02. The van der Waals surface area contributed by atoms with E-state index in [4.69, 9.17) is 0 Å². The highest BCUT2D eigenvalue weighted by Crippen LogP contribution is 2.30. The Morgan fingerprint density at radius 3 is 2.90 bits per heavy atom. The number of pyridine rings is 1. The fourth-order valence-corrected chi connectivity index (χ4v) is 2.53. The van der Waals surface area contributed by atoms with Crippen molar-refractivity contribution in [2.45, 2.75) is 31.9 Å². The van der Waals surface area contributed by atoms with E-state index in [0.717, 1.165) is 12.8 Å². The molecule has 0 spiro atoms. The number of hydrogen-bond acceptors (Lipinski definition) is 3. The average molecular weight is 288 g/mol. The number of amides is 1. The van der Waals surface area contributed by atoms with Gasteiger partial charge >= 0.3 is 0 Å². The van der Waals surface area contributed by atoms with Crippen LogP contribution in [0.3, 0.4) is 0 Å². The average Bonchev–Trinajstić information content (AvgIpc) is 3.29. The van der Waals surface area contributed by atoms with Crippen molar-refractivity contribution in [1.82, 2.24) is 9.88 Å². The molecule has 1 saturated carbocycles. The predicted octanol–water partition coefficient (Wildman–Crippen LogP) is 2.36. The van der Waals surface area contributed by atoms with Gasteiger partial charge in [0.2, 0.25) is 0 Å². The number of carbonyl (C=O) groups is 1. The normalized spacial score (nSPS) is 16.0. The third kappa shape index (κ3) is 2.74. The molecule has 1 N–H and O–H groups in total. The van der Waals surface area contributed by atoms with E-state index in [2.05, 4.69) is 4.98 Å². The van der Waals surface area contributed by atoms with E-state index in [1.807, 2.05) is 0 Å². The van der Waals surface area contributed by atoms with Gasteiger partial charge in [0.05, 0.1) is 17.2 Å². The zero-order valence-corrected chi connectivity index (χ0v) is 11.8. The van der Waals surface area contributed by atoms with Gasteiger partial charge in [0.15, 0.2) is 0 Å². The molecule has 0 radical (unpaired) electrons. The summed E-state index contributed by atoms with van der Waals surface area (Å²) in [6.07, 6.45) is 2.86. The number of carbonyl (C=O) groups excluding carboxylic acids is 1. The third-order valence-corrected chi connectivity index (χ3v) is 3.66. The number of fused-ring (bicyclic) bond motifs is 1. The molecule has 1 aliphatic carbocycles. The first-order valence-corrected chi connectivity index (χ1v) is 7.10. The summed E-state index contributed by atoms with van der Waals surface area (Å²) in [4.78, 5) is 18.6. The summed E-state index contributed by atoms with van der Waals surface area (Å²) >= 11 is 0. The molecule has 4 nitrogen and oxygen atoms in total. The van der Waals surface area contributed by atoms with E-state index in [1.165, 1.54) is 12.1 Å². The Hall–Kier alpha value is -2.01. The first-order chi connectivity index (χ1) is 10.1. The van der Waals surface area contributed by atoms with Crippen molar-refractivity contribution < 1.29 is 14.3 Å². The molecule has 1 amide bonds. The van der Waals surface area contributed by atoms with Crippen molar-refractivity contribution in [2.24, 2.45) is 0 Å². The van der Waals surface area contributed by atoms with E-state index >= 15 is 0 Å². The first-order valence-electron chi connectivity index (χ1n) is 7.10. The quantitative estimate of drug-likeness (QED) is 0.939. The number of aliphatic hydroxyl groups excluding tert-OH is 1. The van der Waals surface area contributed by atoms with Crippen LogP contribution in [-0.4, -0.2) is 39.6 Å². The van der Waals surface area contributed by atoms with Crippen LogP contribution in [0.25, 0.3) is 10.9 Å². The second-order valence-corrected chi connectivity index (χ2v) is 5.53. The van der Waals surface area contributed by atoms with Crippen molar-refractivity contribution in [2.75, 3.05) is 6.54 Å². The molecule has 1 atom stereocenters. The highest BCUT2D eigenvalue weighted by Gasteiger charge is 2.34. The number of aliphatic hydroxyl groups is 1. The monoisotopic (exact) mass is 288 g/mol. The van der Waals surface area contributed by atoms with Crippen LogP contribution in [0.2, 0.25) is 0 Å². The molecule has 1 heterocycles. The maximum Gasteiger partial charge on any atom is 0.256 e. The Bertz CT molecular complexity index is 683. The molecule has 2 aromatic rings. The summed E-state index contributed by atoms with van der Waals surface area (Å²) in [5.41, 5.74) is 0.762. The van der Waals surface area contributed by atoms with Crippen LogP contribution in [-0.2, 0) is 0 Å². The van der Waals surface area contributed by atoms with Crippen molar-refractivity contribution in [3.8, 4) is 0 Å². The lowest BCUT2D eigenvalue weighted by Gasteiger charge is -2.24. The van der Waals surface area contributed by atoms with E-state index in [0.29, 0.717) is 16.5 Å². The first kappa shape index (κ1) is 13.9. The number of aromatic nitrogens is 1. The van der Waals surface area contributed by atoms with Gasteiger partial charge in [-0.1, -0.05) is 0 Å². The van der Waals surface area contributed by atoms with Gasteiger partial charge in [0.25, 0.3) is 5.91 Å². The summed E-state index contributed by atoms with van der Waals surface area (Å²) < 4.78 is 13.8. The van der Waals surface area contributed by atoms with Gasteiger partial charge in [0, 0.05) is 24.2 Å². The van der Waals surface area contributed by atoms with E-state index in [1.54, 1.807) is 30.2 Å². The zero-order chi connectivity index (χ0) is 15.0. The molecule has 110 valence electrons. The Labute approximate surface area is 122 Å². The summed E-state index contributed by atoms with van der Waals surface area (Å²) in [5.74, 6) is -0.578. The van der Waals surface area contributed by atoms with Crippen LogP contribution in [0.5, 0.6) is 0 Å². The molecule has 1 aliphatic rings. The maximum absolute atomic E-state index is 13.8. The zero-order valence-electron chi connectivity index (χ0n) is 11.8. The highest BCUT2D eigenvalue weighted by molar-refractivity contribution is 6.05. The van der Waals surface area contributed by atoms with Crippen LogP contribution in [0.15, 0.2) is 30.5 Å². The number of nitrogens with zero attached hydrogens (tertiary/aromatic N) is 2. The van der Waals surface area contributed by atoms with Crippen LogP contribution < -0.4 is 0 Å². The molecule has 1 aromatic carbocycles. The van der Waals surface area contributed by atoms with Crippen molar-refractivity contribution >= 4 is 16.8 Å². The molecule has 0 aliphatic heterocycles. The van der Waals surface area contributed by atoms with Gasteiger partial charge in [0.1, 0.15) is 5.82 Å². The third-order valence-electron chi connectivity index (χ3n) is 3.66. The largest absolute Gasteiger partial charge is 0.392 e. The molecular weight excluding hydrogens is 271 g/mol. The fourth-order valence-electron chi connectivity index (χ4n) is 2.53. The highest BCUT2D eigenvalue weighted by atomic mass is 19.1. The van der Waals surface area contributed by atoms with Crippen LogP contribution in [0, 0.1) is 5.82 Å². The van der Waals surface area contributed by atoms with E-state index in [9.17, 15) is 14.3 Å². The lowest BCUT2D eigenvalue weighted by atomic mass is 10.1. The van der Waals surface area contributed by atoms with Crippen molar-refractivity contribution in [1.29, 1.82) is 0 Å². The summed E-state index contributed by atoms with van der Waals surface area (Å²) in [5, 5.41) is 9.93. The summed E-state index contributed by atoms with van der Waals surface area (Å²) in [7, 11) is 0. The topological polar surface area (TPSA) is 53.4 Å². The second-order valence-electron chi connectivity index (χ2n) is 5.53. The van der Waals surface area contributed by atoms with Crippen LogP contribution in [0.1, 0.15) is 30.1 Å². The Kier molecular flexibility index (Phi) is 3.59. The lowest BCUT2D eigenvalue weighted by molar-refractivity contribution is 0.0632. The lowest BCUT2D eigenvalue weighted by Crippen LogP contribution is -2.38. The molecule has 0 bridgehead atoms. The van der Waals surface area contributed by atoms with E-state index < -0.39 is 6.10 Å². The number of halogens is 1. The molecule has 1 aromatic heterocycles. The molecule has 5 heteroatoms. The standard InChI is InChI=1S/C16H17FN2O2/c1-10(20)9-19(11-4-5-11)16(21)13-6-7-14(17)12-3-2-8-18-15(12)13/h2-3,6-8,10-11,20H,4-5,9H2,1H3. The van der Waals surface area contributed by atoms with Crippen molar-refractivity contribution in [3.63, 3.8) is 0 Å². The van der Waals surface area contributed by atoms with Gasteiger partial charge in [-0.15, -0.1) is 0 Å². The number of rotatable bonds is 4. The molecule has 3 rings (SSSR count). The van der Waals surface area contributed by atoms with Gasteiger partial charge in [-0.05, 0) is 44.0 Å². The molecular formula is C16H17FN2O2. The minimum Gasteiger partial charge on any atom is -0.392 e. The van der Waals surface area contributed by atoms with Gasteiger partial charge in [-0.3, -0.25) is 9.78 Å². The molecule has 0 saturated heterocycles. The van der Waals surface area contributed by atoms with Crippen LogP contribution >= 0.6 is 0 Å². The molecule has 21 heavy (non-hydrogen) atoms. The summed E-state index contributed by atoms with van der Waals surface area (Å²) in [6, 6.07) is 6.21. The van der Waals surface area contributed by atoms with E-state index in [-0.39, 0.29) is 24.3 Å². The smallest absolute Gasteiger partial charge is 0.256 e. The predicted molar refractivity (Wildman–Crippen MR) is 77.4 cm³/mol. The fraction of sp³-hybridized carbons (Fsp3) is 0.375. The Morgan fingerprint density at radius 1 is 1.48 bits per heavy atom. The van der Waals surface area contributed by atoms with Gasteiger partial charge in [-0.25, -0.2) is 4.39 Å². The Morgan fingerprint density at radius 2 is 2.24 bits per heavy atom. The number of benzene rings is 1. The summed E-state index contributed by atoms with van der Waals surface area (Å²) in [6.45, 7) is 1.94. The number of hydrogen-bond donors (Lipinski definition) is 1. The van der Waals surface area contributed by atoms with Crippen molar-refractivity contribution in [3.05, 3.63) is 41.8 Å². The van der Waals surface area contributed by atoms with Crippen LogP contribution in [0.4, 0.5) is 4.39 Å². The minimum absolute atomic E-state index is 0.177. The maximum atomic E-state index is 13.8. The van der Waals surface area contributed by atoms with Gasteiger partial charge < -0.3 is 10.0 Å². The minimum atomic E-state index is -0.589. The second kappa shape index (κ2) is 5.41. The molecule has 1 fully saturated rings.